The Labute approximate surface area is 227 Å². The molecule has 1 aromatic heterocycles. The lowest BCUT2D eigenvalue weighted by Crippen LogP contribution is -2.51. The number of carbonyl (C=O) groups is 1. The number of methoxy groups -OCH3 is 2. The van der Waals surface area contributed by atoms with Gasteiger partial charge < -0.3 is 24.6 Å². The zero-order valence-electron chi connectivity index (χ0n) is 20.6. The minimum Gasteiger partial charge on any atom is -0.494 e. The minimum atomic E-state index is -5.35. The standard InChI is InChI=1S/C25H20ClF7N2O5/c1-38-18-7-8-20(35-21(18)13-3-5-16(27)15(26)9-13)23(37,25(31,32)33)11-34-22(36)14-4-6-17(19(10-14)39-2)40-12-24(28,29)30/h3-10,37H,11-12H2,1-2H3,(H,34,36). The van der Waals surface area contributed by atoms with Crippen molar-refractivity contribution in [3.8, 4) is 28.5 Å². The number of nitrogens with one attached hydrogen (secondary N) is 1. The number of pyridine rings is 1. The number of rotatable bonds is 9. The molecule has 2 aromatic carbocycles. The number of alkyl halides is 6. The van der Waals surface area contributed by atoms with E-state index >= 15 is 0 Å². The lowest BCUT2D eigenvalue weighted by Gasteiger charge is -2.30. The maximum absolute atomic E-state index is 14.2. The van der Waals surface area contributed by atoms with E-state index in [1.165, 1.54) is 13.2 Å². The van der Waals surface area contributed by atoms with Gasteiger partial charge in [-0.2, -0.15) is 26.3 Å². The maximum Gasteiger partial charge on any atom is 0.424 e. The molecule has 0 aliphatic carbocycles. The van der Waals surface area contributed by atoms with E-state index in [0.29, 0.717) is 0 Å². The molecule has 1 atom stereocenters. The zero-order chi connectivity index (χ0) is 29.9. The van der Waals surface area contributed by atoms with E-state index < -0.39 is 48.5 Å². The summed E-state index contributed by atoms with van der Waals surface area (Å²) in [6.45, 7) is -3.05. The highest BCUT2D eigenvalue weighted by atomic mass is 35.5. The minimum absolute atomic E-state index is 0.0140. The molecule has 3 rings (SSSR count). The number of ether oxygens (including phenoxy) is 3. The molecule has 0 bridgehead atoms. The van der Waals surface area contributed by atoms with Crippen molar-refractivity contribution in [3.05, 3.63) is 70.6 Å². The van der Waals surface area contributed by atoms with Gasteiger partial charge in [-0.3, -0.25) is 4.79 Å². The second-order valence-corrected chi connectivity index (χ2v) is 8.59. The van der Waals surface area contributed by atoms with Crippen molar-refractivity contribution in [2.75, 3.05) is 27.4 Å². The molecule has 40 heavy (non-hydrogen) atoms. The monoisotopic (exact) mass is 596 g/mol. The number of aromatic nitrogens is 1. The summed E-state index contributed by atoms with van der Waals surface area (Å²) in [6.07, 6.45) is -10.0. The van der Waals surface area contributed by atoms with Crippen LogP contribution in [-0.4, -0.2) is 55.7 Å². The third-order valence-electron chi connectivity index (χ3n) is 5.49. The van der Waals surface area contributed by atoms with Gasteiger partial charge in [0.05, 0.1) is 31.5 Å². The van der Waals surface area contributed by atoms with Gasteiger partial charge in [-0.15, -0.1) is 0 Å². The summed E-state index contributed by atoms with van der Waals surface area (Å²) in [5.41, 5.74) is -5.06. The summed E-state index contributed by atoms with van der Waals surface area (Å²) in [7, 11) is 2.30. The number of hydrogen-bond acceptors (Lipinski definition) is 6. The molecule has 1 heterocycles. The third-order valence-corrected chi connectivity index (χ3v) is 5.78. The lowest BCUT2D eigenvalue weighted by molar-refractivity contribution is -0.265. The van der Waals surface area contributed by atoms with Gasteiger partial charge in [0, 0.05) is 11.1 Å². The fourth-order valence-electron chi connectivity index (χ4n) is 3.43. The van der Waals surface area contributed by atoms with Crippen molar-refractivity contribution < 1.29 is 54.8 Å². The average Bonchev–Trinajstić information content (AvgIpc) is 2.90. The molecule has 0 fully saturated rings. The van der Waals surface area contributed by atoms with Crippen LogP contribution in [0.4, 0.5) is 30.7 Å². The Kier molecular flexibility index (Phi) is 9.04. The first-order valence-electron chi connectivity index (χ1n) is 11.1. The SMILES string of the molecule is COc1cc(C(=O)NCC(O)(c2ccc(OC)c(-c3ccc(F)c(Cl)c3)n2)C(F)(F)F)ccc1OCC(F)(F)F. The van der Waals surface area contributed by atoms with Crippen molar-refractivity contribution in [1.29, 1.82) is 0 Å². The summed E-state index contributed by atoms with van der Waals surface area (Å²) < 4.78 is 108. The first-order chi connectivity index (χ1) is 18.6. The summed E-state index contributed by atoms with van der Waals surface area (Å²) in [5, 5.41) is 12.4. The molecule has 15 heteroatoms. The summed E-state index contributed by atoms with van der Waals surface area (Å²) in [5.74, 6) is -2.57. The largest absolute Gasteiger partial charge is 0.494 e. The molecule has 216 valence electrons. The van der Waals surface area contributed by atoms with E-state index in [1.54, 1.807) is 0 Å². The molecule has 2 N–H and O–H groups in total. The zero-order valence-corrected chi connectivity index (χ0v) is 21.3. The van der Waals surface area contributed by atoms with Crippen LogP contribution in [0, 0.1) is 5.82 Å². The Morgan fingerprint density at radius 3 is 2.17 bits per heavy atom. The molecule has 0 radical (unpaired) electrons. The second-order valence-electron chi connectivity index (χ2n) is 8.19. The smallest absolute Gasteiger partial charge is 0.424 e. The first-order valence-corrected chi connectivity index (χ1v) is 11.4. The topological polar surface area (TPSA) is 89.9 Å². The highest BCUT2D eigenvalue weighted by molar-refractivity contribution is 6.31. The van der Waals surface area contributed by atoms with Crippen LogP contribution in [0.15, 0.2) is 48.5 Å². The predicted molar refractivity (Wildman–Crippen MR) is 128 cm³/mol. The van der Waals surface area contributed by atoms with Gasteiger partial charge in [-0.05, 0) is 48.5 Å². The summed E-state index contributed by atoms with van der Waals surface area (Å²) >= 11 is 5.79. The fraction of sp³-hybridized carbons (Fsp3) is 0.280. The summed E-state index contributed by atoms with van der Waals surface area (Å²) in [6, 6.07) is 8.12. The average molecular weight is 597 g/mol. The number of carbonyl (C=O) groups excluding carboxylic acids is 1. The first kappa shape index (κ1) is 30.8. The van der Waals surface area contributed by atoms with Crippen LogP contribution in [0.2, 0.25) is 5.02 Å². The normalized spacial score (nSPS) is 13.4. The van der Waals surface area contributed by atoms with Gasteiger partial charge in [0.25, 0.3) is 5.91 Å². The van der Waals surface area contributed by atoms with Crippen LogP contribution in [0.1, 0.15) is 16.1 Å². The molecule has 3 aromatic rings. The molecule has 0 aliphatic heterocycles. The highest BCUT2D eigenvalue weighted by Gasteiger charge is 2.56. The van der Waals surface area contributed by atoms with E-state index in [0.717, 1.165) is 49.6 Å². The third kappa shape index (κ3) is 6.86. The van der Waals surface area contributed by atoms with Gasteiger partial charge in [-0.25, -0.2) is 9.37 Å². The fourth-order valence-corrected chi connectivity index (χ4v) is 3.61. The van der Waals surface area contributed by atoms with Crippen molar-refractivity contribution in [2.45, 2.75) is 18.0 Å². The number of halogens is 8. The molecule has 7 nitrogen and oxygen atoms in total. The van der Waals surface area contributed by atoms with E-state index in [1.807, 2.05) is 5.32 Å². The number of benzene rings is 2. The molecule has 0 saturated heterocycles. The molecule has 0 saturated carbocycles. The predicted octanol–water partition coefficient (Wildman–Crippen LogP) is 5.68. The number of aliphatic hydroxyl groups is 1. The van der Waals surface area contributed by atoms with Gasteiger partial charge in [0.2, 0.25) is 5.60 Å². The van der Waals surface area contributed by atoms with Gasteiger partial charge in [0.15, 0.2) is 18.1 Å². The van der Waals surface area contributed by atoms with E-state index in [4.69, 9.17) is 21.1 Å². The van der Waals surface area contributed by atoms with Crippen molar-refractivity contribution in [3.63, 3.8) is 0 Å². The number of nitrogens with zero attached hydrogens (tertiary/aromatic N) is 1. The lowest BCUT2D eigenvalue weighted by atomic mass is 9.96. The van der Waals surface area contributed by atoms with E-state index in [2.05, 4.69) is 9.72 Å². The van der Waals surface area contributed by atoms with Gasteiger partial charge in [0.1, 0.15) is 17.3 Å². The second kappa shape index (κ2) is 11.8. The van der Waals surface area contributed by atoms with Crippen LogP contribution < -0.4 is 19.5 Å². The van der Waals surface area contributed by atoms with E-state index in [-0.39, 0.29) is 39.1 Å². The maximum atomic E-state index is 14.2. The van der Waals surface area contributed by atoms with Crippen LogP contribution in [0.25, 0.3) is 11.3 Å². The Morgan fingerprint density at radius 1 is 0.950 bits per heavy atom. The Morgan fingerprint density at radius 2 is 1.60 bits per heavy atom. The quantitative estimate of drug-likeness (QED) is 0.309. The molecular weight excluding hydrogens is 577 g/mol. The van der Waals surface area contributed by atoms with Crippen LogP contribution >= 0.6 is 11.6 Å². The molecular formula is C25H20ClF7N2O5. The van der Waals surface area contributed by atoms with E-state index in [9.17, 15) is 40.6 Å². The summed E-state index contributed by atoms with van der Waals surface area (Å²) in [4.78, 5) is 16.5. The van der Waals surface area contributed by atoms with Crippen molar-refractivity contribution >= 4 is 17.5 Å². The molecule has 1 unspecified atom stereocenters. The number of hydrogen-bond donors (Lipinski definition) is 2. The van der Waals surface area contributed by atoms with Crippen LogP contribution in [0.5, 0.6) is 17.2 Å². The number of amides is 1. The van der Waals surface area contributed by atoms with Crippen molar-refractivity contribution in [1.82, 2.24) is 10.3 Å². The molecule has 0 aliphatic rings. The Balaban J connectivity index is 1.92. The Bertz CT molecular complexity index is 1380. The molecule has 1 amide bonds. The molecule has 0 spiro atoms. The van der Waals surface area contributed by atoms with Crippen LogP contribution in [0.3, 0.4) is 0 Å². The van der Waals surface area contributed by atoms with Crippen LogP contribution in [-0.2, 0) is 5.60 Å². The van der Waals surface area contributed by atoms with Gasteiger partial charge >= 0.3 is 12.4 Å². The Hall–Kier alpha value is -3.78. The highest BCUT2D eigenvalue weighted by Crippen LogP contribution is 2.40. The van der Waals surface area contributed by atoms with Gasteiger partial charge in [-0.1, -0.05) is 11.6 Å². The van der Waals surface area contributed by atoms with Crippen molar-refractivity contribution in [2.24, 2.45) is 0 Å².